The fourth-order valence-corrected chi connectivity index (χ4v) is 1.06. The minimum Gasteiger partial charge on any atom is -0.100 e. The molecule has 0 radical (unpaired) electrons. The predicted molar refractivity (Wildman–Crippen MR) is 47.0 cm³/mol. The molecule has 0 amide bonds. The van der Waals surface area contributed by atoms with Crippen molar-refractivity contribution in [2.75, 3.05) is 5.33 Å². The van der Waals surface area contributed by atoms with Crippen LogP contribution in [0.15, 0.2) is 12.2 Å². The third-order valence-electron chi connectivity index (χ3n) is 1.14. The minimum atomic E-state index is 0.381. The molecule has 0 aliphatic rings. The number of alkyl halides is 1. The zero-order chi connectivity index (χ0) is 7.49. The van der Waals surface area contributed by atoms with Crippen molar-refractivity contribution in [1.82, 2.24) is 0 Å². The van der Waals surface area contributed by atoms with Gasteiger partial charge in [0.15, 0.2) is 0 Å². The van der Waals surface area contributed by atoms with Gasteiger partial charge in [0.25, 0.3) is 0 Å². The molecule has 54 valence electrons. The second-order valence-corrected chi connectivity index (χ2v) is 3.99. The van der Waals surface area contributed by atoms with E-state index >= 15 is 0 Å². The average molecular weight is 191 g/mol. The van der Waals surface area contributed by atoms with Gasteiger partial charge in [0.1, 0.15) is 0 Å². The van der Waals surface area contributed by atoms with Crippen LogP contribution >= 0.6 is 15.9 Å². The maximum absolute atomic E-state index is 3.87. The summed E-state index contributed by atoms with van der Waals surface area (Å²) in [6.45, 7) is 10.4. The largest absolute Gasteiger partial charge is 0.100 e. The topological polar surface area (TPSA) is 0 Å². The van der Waals surface area contributed by atoms with E-state index in [1.54, 1.807) is 0 Å². The lowest BCUT2D eigenvalue weighted by Gasteiger charge is -2.20. The van der Waals surface area contributed by atoms with Crippen molar-refractivity contribution < 1.29 is 0 Å². The molecule has 0 rings (SSSR count). The number of rotatable bonds is 3. The van der Waals surface area contributed by atoms with E-state index in [1.165, 1.54) is 5.57 Å². The lowest BCUT2D eigenvalue weighted by Crippen LogP contribution is -2.12. The fraction of sp³-hybridized carbons (Fsp3) is 0.750. The van der Waals surface area contributed by atoms with Gasteiger partial charge in [-0.05, 0) is 18.8 Å². The Labute approximate surface area is 66.5 Å². The molecule has 0 fully saturated rings. The molecule has 1 heteroatoms. The van der Waals surface area contributed by atoms with Gasteiger partial charge in [-0.15, -0.1) is 6.58 Å². The number of hydrogen-bond acceptors (Lipinski definition) is 0. The molecule has 9 heavy (non-hydrogen) atoms. The highest BCUT2D eigenvalue weighted by atomic mass is 79.9. The number of allylic oxidation sites excluding steroid dienone is 1. The van der Waals surface area contributed by atoms with Crippen LogP contribution in [-0.4, -0.2) is 5.33 Å². The van der Waals surface area contributed by atoms with Crippen molar-refractivity contribution in [3.63, 3.8) is 0 Å². The van der Waals surface area contributed by atoms with Crippen LogP contribution in [-0.2, 0) is 0 Å². The molecule has 0 spiro atoms. The van der Waals surface area contributed by atoms with E-state index in [9.17, 15) is 0 Å². The van der Waals surface area contributed by atoms with Crippen LogP contribution in [0.1, 0.15) is 27.2 Å². The summed E-state index contributed by atoms with van der Waals surface area (Å²) in [6.07, 6.45) is 1.11. The Hall–Kier alpha value is 0.220. The van der Waals surface area contributed by atoms with Crippen LogP contribution in [0.5, 0.6) is 0 Å². The molecule has 0 unspecified atom stereocenters. The van der Waals surface area contributed by atoms with Crippen molar-refractivity contribution in [2.45, 2.75) is 27.2 Å². The van der Waals surface area contributed by atoms with Gasteiger partial charge in [0.2, 0.25) is 0 Å². The van der Waals surface area contributed by atoms with Crippen molar-refractivity contribution in [3.05, 3.63) is 12.2 Å². The van der Waals surface area contributed by atoms with Gasteiger partial charge >= 0.3 is 0 Å². The number of halogens is 1. The summed E-state index contributed by atoms with van der Waals surface area (Å²) in [5, 5.41) is 1.05. The highest BCUT2D eigenvalue weighted by molar-refractivity contribution is 9.09. The first-order valence-corrected chi connectivity index (χ1v) is 4.30. The molecular weight excluding hydrogens is 176 g/mol. The van der Waals surface area contributed by atoms with Crippen LogP contribution in [0, 0.1) is 5.41 Å². The van der Waals surface area contributed by atoms with E-state index in [1.807, 2.05) is 0 Å². The van der Waals surface area contributed by atoms with E-state index in [2.05, 4.69) is 43.3 Å². The Morgan fingerprint density at radius 3 is 2.11 bits per heavy atom. The van der Waals surface area contributed by atoms with E-state index < -0.39 is 0 Å². The van der Waals surface area contributed by atoms with E-state index in [4.69, 9.17) is 0 Å². The molecule has 0 aromatic carbocycles. The van der Waals surface area contributed by atoms with Crippen LogP contribution in [0.4, 0.5) is 0 Å². The summed E-state index contributed by atoms with van der Waals surface area (Å²) in [6, 6.07) is 0. The second kappa shape index (κ2) is 3.40. The second-order valence-electron chi connectivity index (χ2n) is 3.43. The van der Waals surface area contributed by atoms with E-state index in [-0.39, 0.29) is 0 Å². The summed E-state index contributed by atoms with van der Waals surface area (Å²) in [7, 11) is 0. The van der Waals surface area contributed by atoms with Gasteiger partial charge < -0.3 is 0 Å². The van der Waals surface area contributed by atoms with Crippen molar-refractivity contribution >= 4 is 15.9 Å². The van der Waals surface area contributed by atoms with E-state index in [0.29, 0.717) is 5.41 Å². The smallest absolute Gasteiger partial charge is 0.00857 e. The molecule has 0 aliphatic carbocycles. The first-order chi connectivity index (χ1) is 3.98. The summed E-state index contributed by atoms with van der Waals surface area (Å²) in [5.74, 6) is 0. The Morgan fingerprint density at radius 2 is 2.00 bits per heavy atom. The number of hydrogen-bond donors (Lipinski definition) is 0. The van der Waals surface area contributed by atoms with Crippen molar-refractivity contribution in [1.29, 1.82) is 0 Å². The van der Waals surface area contributed by atoms with E-state index in [0.717, 1.165) is 11.8 Å². The predicted octanol–water partition coefficient (Wildman–Crippen LogP) is 3.37. The van der Waals surface area contributed by atoms with Gasteiger partial charge in [-0.25, -0.2) is 0 Å². The van der Waals surface area contributed by atoms with Crippen LogP contribution in [0.25, 0.3) is 0 Å². The molecule has 0 aromatic heterocycles. The first kappa shape index (κ1) is 9.22. The zero-order valence-corrected chi connectivity index (χ0v) is 8.09. The lowest BCUT2D eigenvalue weighted by atomic mass is 9.89. The highest BCUT2D eigenvalue weighted by Gasteiger charge is 2.14. The van der Waals surface area contributed by atoms with Crippen LogP contribution in [0.2, 0.25) is 0 Å². The monoisotopic (exact) mass is 190 g/mol. The third kappa shape index (κ3) is 4.71. The molecule has 0 saturated carbocycles. The zero-order valence-electron chi connectivity index (χ0n) is 6.50. The summed E-state index contributed by atoms with van der Waals surface area (Å²) in [4.78, 5) is 0. The quantitative estimate of drug-likeness (QED) is 0.473. The molecular formula is C8H15Br. The molecule has 0 bridgehead atoms. The van der Waals surface area contributed by atoms with Crippen LogP contribution < -0.4 is 0 Å². The Bertz CT molecular complexity index is 103. The molecule has 0 heterocycles. The maximum Gasteiger partial charge on any atom is 0.00857 e. The van der Waals surface area contributed by atoms with Gasteiger partial charge in [-0.1, -0.05) is 35.4 Å². The lowest BCUT2D eigenvalue weighted by molar-refractivity contribution is 0.424. The molecule has 0 aliphatic heterocycles. The Kier molecular flexibility index (Phi) is 3.49. The van der Waals surface area contributed by atoms with Crippen molar-refractivity contribution in [3.8, 4) is 0 Å². The van der Waals surface area contributed by atoms with Crippen molar-refractivity contribution in [2.24, 2.45) is 5.41 Å². The maximum atomic E-state index is 3.87. The van der Waals surface area contributed by atoms with Gasteiger partial charge in [-0.2, -0.15) is 0 Å². The molecule has 0 nitrogen and oxygen atoms in total. The average Bonchev–Trinajstić information content (AvgIpc) is 1.63. The minimum absolute atomic E-state index is 0.381. The van der Waals surface area contributed by atoms with Crippen LogP contribution in [0.3, 0.4) is 0 Å². The molecule has 0 aromatic rings. The summed E-state index contributed by atoms with van der Waals surface area (Å²) in [5.41, 5.74) is 1.64. The molecule has 0 saturated heterocycles. The summed E-state index contributed by atoms with van der Waals surface area (Å²) < 4.78 is 0. The summed E-state index contributed by atoms with van der Waals surface area (Å²) >= 11 is 3.46. The Morgan fingerprint density at radius 1 is 1.56 bits per heavy atom. The van der Waals surface area contributed by atoms with Gasteiger partial charge in [-0.3, -0.25) is 0 Å². The van der Waals surface area contributed by atoms with Gasteiger partial charge in [0, 0.05) is 5.33 Å². The first-order valence-electron chi connectivity index (χ1n) is 3.18. The standard InChI is InChI=1S/C8H15Br/c1-7(2)5-8(3,4)6-9/h1,5-6H2,2-4H3. The normalized spacial score (nSPS) is 11.6. The SMILES string of the molecule is C=C(C)CC(C)(C)CBr. The molecule has 0 N–H and O–H groups in total. The highest BCUT2D eigenvalue weighted by Crippen LogP contribution is 2.25. The molecule has 0 atom stereocenters. The third-order valence-corrected chi connectivity index (χ3v) is 2.66. The van der Waals surface area contributed by atoms with Gasteiger partial charge in [0.05, 0.1) is 0 Å². The Balaban J connectivity index is 3.71. The fourth-order valence-electron chi connectivity index (χ4n) is 0.864.